The van der Waals surface area contributed by atoms with Gasteiger partial charge in [0.15, 0.2) is 6.61 Å². The zero-order valence-electron chi connectivity index (χ0n) is 11.6. The number of carbonyl (C=O) groups excluding carboxylic acids is 1. The molecular weight excluding hydrogens is 242 g/mol. The lowest BCUT2D eigenvalue weighted by molar-refractivity contribution is -0.132. The van der Waals surface area contributed by atoms with Crippen molar-refractivity contribution in [3.05, 3.63) is 24.0 Å². The van der Waals surface area contributed by atoms with Gasteiger partial charge in [0, 0.05) is 19.6 Å². The van der Waals surface area contributed by atoms with E-state index in [1.165, 1.54) is 0 Å². The number of likely N-dealkylation sites (N-methyl/N-ethyl adjacent to an activating group) is 1. The molecule has 0 unspecified atom stereocenters. The second kappa shape index (κ2) is 6.52. The van der Waals surface area contributed by atoms with Crippen molar-refractivity contribution in [1.29, 1.82) is 0 Å². The van der Waals surface area contributed by atoms with E-state index in [9.17, 15) is 4.79 Å². The van der Waals surface area contributed by atoms with E-state index in [0.29, 0.717) is 11.8 Å². The van der Waals surface area contributed by atoms with Crippen LogP contribution < -0.4 is 10.1 Å². The van der Waals surface area contributed by atoms with Crippen LogP contribution >= 0.6 is 0 Å². The highest BCUT2D eigenvalue weighted by molar-refractivity contribution is 5.78. The maximum atomic E-state index is 11.8. The summed E-state index contributed by atoms with van der Waals surface area (Å²) in [6.07, 6.45) is 3.89. The molecule has 0 aromatic carbocycles. The molecule has 0 spiro atoms. The van der Waals surface area contributed by atoms with Crippen LogP contribution in [0.4, 0.5) is 0 Å². The Hall–Kier alpha value is -1.62. The Kier molecular flexibility index (Phi) is 4.74. The SMILES string of the molecule is CCNCc1ccc(OCC(=O)N(C)C2CC2)cn1. The van der Waals surface area contributed by atoms with Gasteiger partial charge in [-0.2, -0.15) is 0 Å². The molecule has 1 saturated carbocycles. The van der Waals surface area contributed by atoms with E-state index >= 15 is 0 Å². The van der Waals surface area contributed by atoms with E-state index in [4.69, 9.17) is 4.74 Å². The molecule has 1 aromatic heterocycles. The van der Waals surface area contributed by atoms with Crippen LogP contribution in [0.2, 0.25) is 0 Å². The van der Waals surface area contributed by atoms with Gasteiger partial charge in [-0.1, -0.05) is 6.92 Å². The van der Waals surface area contributed by atoms with E-state index in [1.807, 2.05) is 19.2 Å². The molecule has 1 aliphatic rings. The normalized spacial score (nSPS) is 14.2. The van der Waals surface area contributed by atoms with Crippen molar-refractivity contribution < 1.29 is 9.53 Å². The molecule has 19 heavy (non-hydrogen) atoms. The number of pyridine rings is 1. The molecule has 0 radical (unpaired) electrons. The highest BCUT2D eigenvalue weighted by atomic mass is 16.5. The van der Waals surface area contributed by atoms with Crippen molar-refractivity contribution in [2.24, 2.45) is 0 Å². The van der Waals surface area contributed by atoms with Crippen molar-refractivity contribution in [2.75, 3.05) is 20.2 Å². The monoisotopic (exact) mass is 263 g/mol. The topological polar surface area (TPSA) is 54.5 Å². The standard InChI is InChI=1S/C14H21N3O2/c1-3-15-8-11-4-7-13(9-16-11)19-10-14(18)17(2)12-5-6-12/h4,7,9,12,15H,3,5-6,8,10H2,1-2H3. The molecule has 5 nitrogen and oxygen atoms in total. The number of nitrogens with one attached hydrogen (secondary N) is 1. The molecule has 1 amide bonds. The lowest BCUT2D eigenvalue weighted by atomic mass is 10.3. The average Bonchev–Trinajstić information content (AvgIpc) is 3.27. The molecule has 1 aromatic rings. The van der Waals surface area contributed by atoms with E-state index in [-0.39, 0.29) is 12.5 Å². The molecule has 0 aliphatic heterocycles. The van der Waals surface area contributed by atoms with Crippen LogP contribution in [0.5, 0.6) is 5.75 Å². The van der Waals surface area contributed by atoms with Gasteiger partial charge < -0.3 is 15.0 Å². The Balaban J connectivity index is 1.77. The first-order chi connectivity index (χ1) is 9.20. The van der Waals surface area contributed by atoms with Crippen LogP contribution in [0.3, 0.4) is 0 Å². The number of ether oxygens (including phenoxy) is 1. The van der Waals surface area contributed by atoms with Crippen LogP contribution in [0, 0.1) is 0 Å². The first-order valence-electron chi connectivity index (χ1n) is 6.74. The van der Waals surface area contributed by atoms with Crippen LogP contribution in [0.25, 0.3) is 0 Å². The highest BCUT2D eigenvalue weighted by Gasteiger charge is 2.29. The first-order valence-corrected chi connectivity index (χ1v) is 6.74. The van der Waals surface area contributed by atoms with E-state index < -0.39 is 0 Å². The summed E-state index contributed by atoms with van der Waals surface area (Å²) in [5.41, 5.74) is 0.968. The van der Waals surface area contributed by atoms with Crippen LogP contribution in [0.15, 0.2) is 18.3 Å². The Bertz CT molecular complexity index is 415. The van der Waals surface area contributed by atoms with Gasteiger partial charge in [-0.05, 0) is 31.5 Å². The summed E-state index contributed by atoms with van der Waals surface area (Å²) in [6, 6.07) is 4.19. The Morgan fingerprint density at radius 3 is 2.89 bits per heavy atom. The maximum Gasteiger partial charge on any atom is 0.260 e. The van der Waals surface area contributed by atoms with Gasteiger partial charge in [-0.25, -0.2) is 0 Å². The van der Waals surface area contributed by atoms with Crippen molar-refractivity contribution in [1.82, 2.24) is 15.2 Å². The second-order valence-corrected chi connectivity index (χ2v) is 4.79. The minimum Gasteiger partial charge on any atom is -0.482 e. The zero-order chi connectivity index (χ0) is 13.7. The number of nitrogens with zero attached hydrogens (tertiary/aromatic N) is 2. The summed E-state index contributed by atoms with van der Waals surface area (Å²) in [6.45, 7) is 3.81. The summed E-state index contributed by atoms with van der Waals surface area (Å²) in [7, 11) is 1.83. The van der Waals surface area contributed by atoms with Gasteiger partial charge in [0.05, 0.1) is 11.9 Å². The summed E-state index contributed by atoms with van der Waals surface area (Å²) < 4.78 is 5.45. The molecule has 1 fully saturated rings. The van der Waals surface area contributed by atoms with Gasteiger partial charge in [0.2, 0.25) is 0 Å². The minimum atomic E-state index is 0.0271. The van der Waals surface area contributed by atoms with Gasteiger partial charge in [0.25, 0.3) is 5.91 Å². The third kappa shape index (κ3) is 4.21. The van der Waals surface area contributed by atoms with E-state index in [2.05, 4.69) is 17.2 Å². The molecule has 104 valence electrons. The molecule has 1 aliphatic carbocycles. The third-order valence-corrected chi connectivity index (χ3v) is 3.20. The van der Waals surface area contributed by atoms with E-state index in [1.54, 1.807) is 11.1 Å². The predicted molar refractivity (Wildman–Crippen MR) is 72.9 cm³/mol. The fourth-order valence-corrected chi connectivity index (χ4v) is 1.77. The number of aromatic nitrogens is 1. The lowest BCUT2D eigenvalue weighted by Crippen LogP contribution is -2.33. The molecule has 0 atom stereocenters. The number of hydrogen-bond acceptors (Lipinski definition) is 4. The van der Waals surface area contributed by atoms with Gasteiger partial charge >= 0.3 is 0 Å². The molecule has 0 bridgehead atoms. The third-order valence-electron chi connectivity index (χ3n) is 3.20. The van der Waals surface area contributed by atoms with E-state index in [0.717, 1.165) is 31.6 Å². The number of carbonyl (C=O) groups is 1. The highest BCUT2D eigenvalue weighted by Crippen LogP contribution is 2.25. The smallest absolute Gasteiger partial charge is 0.260 e. The Morgan fingerprint density at radius 1 is 1.53 bits per heavy atom. The first kappa shape index (κ1) is 13.8. The molecule has 5 heteroatoms. The van der Waals surface area contributed by atoms with Crippen molar-refractivity contribution in [2.45, 2.75) is 32.4 Å². The summed E-state index contributed by atoms with van der Waals surface area (Å²) >= 11 is 0. The van der Waals surface area contributed by atoms with Crippen molar-refractivity contribution >= 4 is 5.91 Å². The van der Waals surface area contributed by atoms with Crippen LogP contribution in [-0.2, 0) is 11.3 Å². The fraction of sp³-hybridized carbons (Fsp3) is 0.571. The molecular formula is C14H21N3O2. The average molecular weight is 263 g/mol. The number of hydrogen-bond donors (Lipinski definition) is 1. The summed E-state index contributed by atoms with van der Waals surface area (Å²) in [5, 5.41) is 3.20. The molecule has 1 N–H and O–H groups in total. The van der Waals surface area contributed by atoms with Gasteiger partial charge in [-0.3, -0.25) is 9.78 Å². The van der Waals surface area contributed by atoms with Gasteiger partial charge in [-0.15, -0.1) is 0 Å². The predicted octanol–water partition coefficient (Wildman–Crippen LogP) is 1.19. The Labute approximate surface area is 114 Å². The summed E-state index contributed by atoms with van der Waals surface area (Å²) in [5.74, 6) is 0.664. The number of rotatable bonds is 7. The maximum absolute atomic E-state index is 11.8. The van der Waals surface area contributed by atoms with Crippen molar-refractivity contribution in [3.63, 3.8) is 0 Å². The lowest BCUT2D eigenvalue weighted by Gasteiger charge is -2.16. The molecule has 2 rings (SSSR count). The molecule has 1 heterocycles. The van der Waals surface area contributed by atoms with Crippen molar-refractivity contribution in [3.8, 4) is 5.75 Å². The quantitative estimate of drug-likeness (QED) is 0.803. The summed E-state index contributed by atoms with van der Waals surface area (Å²) in [4.78, 5) is 17.8. The van der Waals surface area contributed by atoms with Crippen LogP contribution in [-0.4, -0.2) is 42.0 Å². The molecule has 0 saturated heterocycles. The fourth-order valence-electron chi connectivity index (χ4n) is 1.77. The second-order valence-electron chi connectivity index (χ2n) is 4.79. The zero-order valence-corrected chi connectivity index (χ0v) is 11.6. The minimum absolute atomic E-state index is 0.0271. The van der Waals surface area contributed by atoms with Gasteiger partial charge in [0.1, 0.15) is 5.75 Å². The van der Waals surface area contributed by atoms with Crippen LogP contribution in [0.1, 0.15) is 25.5 Å². The Morgan fingerprint density at radius 2 is 2.32 bits per heavy atom. The number of amides is 1. The largest absolute Gasteiger partial charge is 0.482 e.